The van der Waals surface area contributed by atoms with Crippen molar-refractivity contribution in [3.8, 4) is 100 Å². The van der Waals surface area contributed by atoms with Gasteiger partial charge in [-0.25, -0.2) is 0 Å². The fourth-order valence-electron chi connectivity index (χ4n) is 21.7. The largest absolute Gasteiger partial charge is 0.455 e. The summed E-state index contributed by atoms with van der Waals surface area (Å²) >= 11 is 3.80. The van der Waals surface area contributed by atoms with Crippen LogP contribution in [0.1, 0.15) is 0 Å². The van der Waals surface area contributed by atoms with Crippen molar-refractivity contribution in [2.75, 3.05) is 14.7 Å². The molecule has 0 fully saturated rings. The lowest BCUT2D eigenvalue weighted by molar-refractivity contribution is 0.671. The van der Waals surface area contributed by atoms with Crippen LogP contribution >= 0.6 is 22.7 Å². The van der Waals surface area contributed by atoms with Gasteiger partial charge < -0.3 is 19.1 Å². The molecule has 0 N–H and O–H groups in total. The van der Waals surface area contributed by atoms with Gasteiger partial charge in [-0.3, -0.25) is 0 Å². The molecule has 0 amide bonds. The Bertz CT molecular complexity index is 9300. The number of rotatable bonds is 18. The van der Waals surface area contributed by atoms with Crippen LogP contribution in [-0.4, -0.2) is 0 Å². The lowest BCUT2D eigenvalue weighted by Crippen LogP contribution is -2.10. The van der Waals surface area contributed by atoms with Crippen LogP contribution in [0.2, 0.25) is 0 Å². The van der Waals surface area contributed by atoms with E-state index in [9.17, 15) is 0 Å². The molecule has 148 heavy (non-hydrogen) atoms. The van der Waals surface area contributed by atoms with Crippen molar-refractivity contribution in [3.05, 3.63) is 576 Å². The molecule has 28 rings (SSSR count). The molecule has 0 radical (unpaired) electrons. The summed E-state index contributed by atoms with van der Waals surface area (Å²) in [6, 6.07) is 207. The van der Waals surface area contributed by atoms with Gasteiger partial charge in [0.1, 0.15) is 11.2 Å². The highest BCUT2D eigenvalue weighted by atomic mass is 32.1. The summed E-state index contributed by atoms with van der Waals surface area (Å²) in [6.07, 6.45) is 0. The topological polar surface area (TPSA) is 22.9 Å². The molecule has 0 saturated heterocycles. The van der Waals surface area contributed by atoms with Gasteiger partial charge >= 0.3 is 0 Å². The van der Waals surface area contributed by atoms with Crippen LogP contribution in [0.3, 0.4) is 0 Å². The third-order valence-electron chi connectivity index (χ3n) is 28.8. The van der Waals surface area contributed by atoms with Gasteiger partial charge in [-0.1, -0.05) is 479 Å². The summed E-state index contributed by atoms with van der Waals surface area (Å²) in [5.41, 5.74) is 33.7. The number of hydrogen-bond acceptors (Lipinski definition) is 6. The van der Waals surface area contributed by atoms with E-state index < -0.39 is 0 Å². The van der Waals surface area contributed by atoms with Gasteiger partial charge in [-0.2, -0.15) is 0 Å². The van der Waals surface area contributed by atoms with Crippen molar-refractivity contribution in [1.82, 2.24) is 0 Å². The molecule has 0 atom stereocenters. The first kappa shape index (κ1) is 89.3. The third kappa shape index (κ3) is 17.0. The fourth-order valence-corrected chi connectivity index (χ4v) is 24.4. The second-order valence-corrected chi connectivity index (χ2v) is 39.6. The van der Waals surface area contributed by atoms with Crippen LogP contribution in [0.15, 0.2) is 581 Å². The average Bonchev–Trinajstić information content (AvgIpc) is 1.22. The Morgan fingerprint density at radius 1 is 0.128 bits per heavy atom. The molecule has 0 unspecified atom stereocenters. The van der Waals surface area contributed by atoms with E-state index in [1.54, 1.807) is 0 Å². The maximum Gasteiger partial charge on any atom is 0.143 e. The summed E-state index contributed by atoms with van der Waals surface area (Å²) < 4.78 is 12.1. The number of fused-ring (bicyclic) bond motifs is 15. The third-order valence-corrected chi connectivity index (χ3v) is 31.4. The summed E-state index contributed by atoms with van der Waals surface area (Å²) in [5, 5.41) is 17.4. The summed E-state index contributed by atoms with van der Waals surface area (Å²) in [5.74, 6) is 0. The predicted octanol–water partition coefficient (Wildman–Crippen LogP) is 41.7. The molecule has 6 heteroatoms. The molecule has 0 aliphatic carbocycles. The maximum atomic E-state index is 6.77. The van der Waals surface area contributed by atoms with Gasteiger partial charge in [0, 0.05) is 113 Å². The van der Waals surface area contributed by atoms with Gasteiger partial charge in [-0.15, -0.1) is 22.7 Å². The second kappa shape index (κ2) is 39.5. The van der Waals surface area contributed by atoms with E-state index in [4.69, 9.17) is 4.42 Å². The highest BCUT2D eigenvalue weighted by molar-refractivity contribution is 7.27. The Morgan fingerprint density at radius 2 is 0.324 bits per heavy atom. The Labute approximate surface area is 868 Å². The van der Waals surface area contributed by atoms with Gasteiger partial charge in [0.2, 0.25) is 0 Å². The number of para-hydroxylation sites is 3. The summed E-state index contributed by atoms with van der Waals surface area (Å²) in [6.45, 7) is 0. The highest BCUT2D eigenvalue weighted by Gasteiger charge is 2.26. The fraction of sp³-hybridized carbons (Fsp3) is 0. The van der Waals surface area contributed by atoms with E-state index in [-0.39, 0.29) is 0 Å². The number of thiophene rings is 2. The van der Waals surface area contributed by atoms with Gasteiger partial charge in [0.05, 0.1) is 11.4 Å². The smallest absolute Gasteiger partial charge is 0.143 e. The number of furan rings is 1. The first-order chi connectivity index (χ1) is 73.4. The summed E-state index contributed by atoms with van der Waals surface area (Å²) in [7, 11) is 0. The lowest BCUT2D eigenvalue weighted by Gasteiger charge is -2.28. The van der Waals surface area contributed by atoms with Crippen molar-refractivity contribution in [1.29, 1.82) is 0 Å². The molecule has 0 aliphatic heterocycles. The number of benzene rings is 25. The Morgan fingerprint density at radius 3 is 0.628 bits per heavy atom. The standard InChI is InChI=1S/C50H33NO.C50H33NS.C42H29NS/c2*1-3-13-34(14-4-1)35-25-29-39(30-26-35)51(48-33-38-17-7-8-18-41(38)44-19-9-10-20-45(44)48)40-31-27-37(28-32-40)43-22-12-24-47-46-23-11-21-42(49(46)52-50(43)47)36-15-5-2-6-16-36;1-4-12-30(13-5-1)31-22-26-35(27-23-31)43(34-16-8-3-9-17-34)36-28-24-33(25-29-36)38-19-11-21-40-39-20-10-18-37(41(39)44-42(38)40)32-14-6-2-7-15-32/h2*1-33H;1-29H. The SMILES string of the molecule is c1ccc(-c2ccc(N(c3ccc(-c4cccc5c4oc4c(-c6ccccc6)cccc45)cc3)c3cc4ccccc4c4ccccc34)cc2)cc1.c1ccc(-c2ccc(N(c3ccc(-c4cccc5c4sc4c(-c6ccccc6)cccc45)cc3)c3cc4ccccc4c4ccccc34)cc2)cc1.c1ccc(-c2ccc(N(c3ccccc3)c3ccc(-c4cccc5c4sc4c(-c6ccccc6)cccc45)cc3)cc2)cc1. The zero-order chi connectivity index (χ0) is 98.2. The van der Waals surface area contributed by atoms with Crippen LogP contribution in [0.25, 0.3) is 206 Å². The van der Waals surface area contributed by atoms with Crippen molar-refractivity contribution < 1.29 is 4.42 Å². The molecule has 0 bridgehead atoms. The van der Waals surface area contributed by atoms with Gasteiger partial charge in [0.15, 0.2) is 0 Å². The van der Waals surface area contributed by atoms with E-state index in [2.05, 4.69) is 585 Å². The van der Waals surface area contributed by atoms with Crippen molar-refractivity contribution >= 4 is 179 Å². The van der Waals surface area contributed by atoms with Gasteiger partial charge in [0.25, 0.3) is 0 Å². The van der Waals surface area contributed by atoms with E-state index in [1.807, 2.05) is 28.7 Å². The van der Waals surface area contributed by atoms with Crippen LogP contribution in [0, 0.1) is 0 Å². The molecule has 3 aromatic heterocycles. The zero-order valence-corrected chi connectivity index (χ0v) is 82.5. The van der Waals surface area contributed by atoms with Crippen molar-refractivity contribution in [3.63, 3.8) is 0 Å². The maximum absolute atomic E-state index is 6.77. The molecule has 0 aliphatic rings. The first-order valence-electron chi connectivity index (χ1n) is 50.5. The minimum absolute atomic E-state index is 0.905. The normalized spacial score (nSPS) is 11.4. The molecule has 3 heterocycles. The van der Waals surface area contributed by atoms with Crippen molar-refractivity contribution in [2.45, 2.75) is 0 Å². The molecule has 0 spiro atoms. The Balaban J connectivity index is 0.000000113. The van der Waals surface area contributed by atoms with E-state index in [0.29, 0.717) is 0 Å². The first-order valence-corrected chi connectivity index (χ1v) is 52.1. The summed E-state index contributed by atoms with van der Waals surface area (Å²) in [4.78, 5) is 7.13. The van der Waals surface area contributed by atoms with E-state index >= 15 is 0 Å². The Hall–Kier alpha value is -18.8. The average molecular weight is 1920 g/mol. The molecular formula is C142H95N3OS2. The number of hydrogen-bond donors (Lipinski definition) is 0. The van der Waals surface area contributed by atoms with Crippen LogP contribution in [0.4, 0.5) is 51.2 Å². The minimum Gasteiger partial charge on any atom is -0.455 e. The monoisotopic (exact) mass is 1920 g/mol. The van der Waals surface area contributed by atoms with Crippen LogP contribution in [-0.2, 0) is 0 Å². The van der Waals surface area contributed by atoms with E-state index in [1.165, 1.54) is 161 Å². The second-order valence-electron chi connectivity index (χ2n) is 37.5. The Kier molecular flexibility index (Phi) is 23.8. The molecule has 28 aromatic rings. The number of anilines is 9. The highest BCUT2D eigenvalue weighted by Crippen LogP contribution is 2.52. The molecular weight excluding hydrogens is 1830 g/mol. The lowest BCUT2D eigenvalue weighted by atomic mass is 9.98. The van der Waals surface area contributed by atoms with E-state index in [0.717, 1.165) is 95.4 Å². The molecule has 696 valence electrons. The predicted molar refractivity (Wildman–Crippen MR) is 635 cm³/mol. The van der Waals surface area contributed by atoms with Crippen molar-refractivity contribution in [2.24, 2.45) is 0 Å². The molecule has 4 nitrogen and oxygen atoms in total. The zero-order valence-electron chi connectivity index (χ0n) is 80.9. The number of nitrogens with zero attached hydrogens (tertiary/aromatic N) is 3. The molecule has 25 aromatic carbocycles. The van der Waals surface area contributed by atoms with Crippen LogP contribution < -0.4 is 14.7 Å². The molecule has 0 saturated carbocycles. The van der Waals surface area contributed by atoms with Crippen LogP contribution in [0.5, 0.6) is 0 Å². The quantitative estimate of drug-likeness (QED) is 0.0799. The van der Waals surface area contributed by atoms with Gasteiger partial charge in [-0.05, 0) is 218 Å². The minimum atomic E-state index is 0.905.